The summed E-state index contributed by atoms with van der Waals surface area (Å²) in [5.74, 6) is -1.39. The van der Waals surface area contributed by atoms with E-state index in [-0.39, 0.29) is 24.2 Å². The van der Waals surface area contributed by atoms with Gasteiger partial charge in [-0.2, -0.15) is 0 Å². The molecule has 166 valence electrons. The van der Waals surface area contributed by atoms with Crippen LogP contribution < -0.4 is 16.4 Å². The highest BCUT2D eigenvalue weighted by Gasteiger charge is 2.21. The number of nitrogens with zero attached hydrogens (tertiary/aromatic N) is 2. The molecule has 33 heavy (non-hydrogen) atoms. The maximum Gasteiger partial charge on any atom is 0.259 e. The number of nitrogens with two attached hydrogens (primary N) is 1. The van der Waals surface area contributed by atoms with Gasteiger partial charge in [-0.1, -0.05) is 47.6 Å². The number of benzene rings is 2. The molecule has 2 heterocycles. The monoisotopic (exact) mass is 443 g/mol. The number of aryl methyl sites for hydroxylation is 1. The Balaban J connectivity index is 1.67. The van der Waals surface area contributed by atoms with Crippen LogP contribution in [0.15, 0.2) is 65.2 Å². The van der Waals surface area contributed by atoms with Gasteiger partial charge in [0.05, 0.1) is 33.6 Å². The first kappa shape index (κ1) is 21.7. The van der Waals surface area contributed by atoms with E-state index in [0.29, 0.717) is 28.0 Å². The SMILES string of the molecule is Cc1noc2nc(-c3ccccc3)cc(C(=O)Nc3ccccc3C(=O)NCCC(N)=O)c12. The van der Waals surface area contributed by atoms with Crippen molar-refractivity contribution in [1.29, 1.82) is 0 Å². The van der Waals surface area contributed by atoms with Crippen molar-refractivity contribution < 1.29 is 18.9 Å². The summed E-state index contributed by atoms with van der Waals surface area (Å²) in [4.78, 5) is 41.3. The Bertz CT molecular complexity index is 1350. The molecule has 4 rings (SSSR count). The van der Waals surface area contributed by atoms with Crippen molar-refractivity contribution in [2.24, 2.45) is 5.73 Å². The van der Waals surface area contributed by atoms with Gasteiger partial charge in [0, 0.05) is 18.5 Å². The summed E-state index contributed by atoms with van der Waals surface area (Å²) in [6.07, 6.45) is 0.0181. The second-order valence-corrected chi connectivity index (χ2v) is 7.34. The molecule has 9 nitrogen and oxygen atoms in total. The van der Waals surface area contributed by atoms with Crippen molar-refractivity contribution in [3.05, 3.63) is 77.5 Å². The summed E-state index contributed by atoms with van der Waals surface area (Å²) in [5.41, 5.74) is 8.16. The fourth-order valence-corrected chi connectivity index (χ4v) is 3.40. The Morgan fingerprint density at radius 2 is 1.70 bits per heavy atom. The molecular formula is C24H21N5O4. The van der Waals surface area contributed by atoms with Gasteiger partial charge >= 0.3 is 0 Å². The van der Waals surface area contributed by atoms with Gasteiger partial charge < -0.3 is 20.9 Å². The number of amides is 3. The van der Waals surface area contributed by atoms with E-state index in [9.17, 15) is 14.4 Å². The number of aromatic nitrogens is 2. The van der Waals surface area contributed by atoms with Crippen molar-refractivity contribution >= 4 is 34.5 Å². The number of carbonyl (C=O) groups is 3. The van der Waals surface area contributed by atoms with Gasteiger partial charge in [-0.3, -0.25) is 14.4 Å². The number of fused-ring (bicyclic) bond motifs is 1. The second-order valence-electron chi connectivity index (χ2n) is 7.34. The third kappa shape index (κ3) is 4.72. The maximum atomic E-state index is 13.3. The zero-order valence-electron chi connectivity index (χ0n) is 17.8. The van der Waals surface area contributed by atoms with Crippen LogP contribution in [-0.2, 0) is 4.79 Å². The molecule has 4 aromatic rings. The molecular weight excluding hydrogens is 422 g/mol. The van der Waals surface area contributed by atoms with Gasteiger partial charge in [0.1, 0.15) is 0 Å². The van der Waals surface area contributed by atoms with Crippen LogP contribution in [0.25, 0.3) is 22.4 Å². The minimum Gasteiger partial charge on any atom is -0.370 e. The number of rotatable bonds is 7. The van der Waals surface area contributed by atoms with Gasteiger partial charge in [-0.25, -0.2) is 4.98 Å². The first-order chi connectivity index (χ1) is 15.9. The highest BCUT2D eigenvalue weighted by atomic mass is 16.5. The Labute approximate surface area is 189 Å². The average Bonchev–Trinajstić information content (AvgIpc) is 3.19. The van der Waals surface area contributed by atoms with Gasteiger partial charge in [-0.15, -0.1) is 0 Å². The molecule has 4 N–H and O–H groups in total. The van der Waals surface area contributed by atoms with Crippen LogP contribution in [0, 0.1) is 6.92 Å². The molecule has 0 aliphatic rings. The predicted octanol–water partition coefficient (Wildman–Crippen LogP) is 3.06. The first-order valence-corrected chi connectivity index (χ1v) is 10.2. The fraction of sp³-hybridized carbons (Fsp3) is 0.125. The number of pyridine rings is 1. The number of nitrogens with one attached hydrogen (secondary N) is 2. The van der Waals surface area contributed by atoms with E-state index in [2.05, 4.69) is 20.8 Å². The normalized spacial score (nSPS) is 10.7. The topological polar surface area (TPSA) is 140 Å². The molecule has 0 aliphatic carbocycles. The third-order valence-corrected chi connectivity index (χ3v) is 5.01. The van der Waals surface area contributed by atoms with Gasteiger partial charge in [0.15, 0.2) is 0 Å². The largest absolute Gasteiger partial charge is 0.370 e. The lowest BCUT2D eigenvalue weighted by molar-refractivity contribution is -0.117. The highest BCUT2D eigenvalue weighted by molar-refractivity contribution is 6.15. The van der Waals surface area contributed by atoms with Crippen molar-refractivity contribution in [2.75, 3.05) is 11.9 Å². The number of primary amides is 1. The minimum atomic E-state index is -0.517. The Hall–Kier alpha value is -4.53. The van der Waals surface area contributed by atoms with Crippen molar-refractivity contribution in [3.63, 3.8) is 0 Å². The first-order valence-electron chi connectivity index (χ1n) is 10.2. The highest BCUT2D eigenvalue weighted by Crippen LogP contribution is 2.28. The van der Waals surface area contributed by atoms with Gasteiger partial charge in [0.25, 0.3) is 17.5 Å². The van der Waals surface area contributed by atoms with Gasteiger partial charge in [-0.05, 0) is 25.1 Å². The quantitative estimate of drug-likeness (QED) is 0.401. The molecule has 0 saturated carbocycles. The minimum absolute atomic E-state index is 0.0181. The Morgan fingerprint density at radius 1 is 0.970 bits per heavy atom. The van der Waals surface area contributed by atoms with Crippen LogP contribution in [0.3, 0.4) is 0 Å². The number of hydrogen-bond donors (Lipinski definition) is 3. The van der Waals surface area contributed by atoms with Crippen LogP contribution >= 0.6 is 0 Å². The summed E-state index contributed by atoms with van der Waals surface area (Å²) in [6.45, 7) is 1.83. The number of anilines is 1. The van der Waals surface area contributed by atoms with Crippen molar-refractivity contribution in [1.82, 2.24) is 15.5 Å². The van der Waals surface area contributed by atoms with E-state index in [0.717, 1.165) is 5.56 Å². The number of para-hydroxylation sites is 1. The molecule has 0 radical (unpaired) electrons. The summed E-state index contributed by atoms with van der Waals surface area (Å²) >= 11 is 0. The number of hydrogen-bond acceptors (Lipinski definition) is 6. The second kappa shape index (κ2) is 9.31. The van der Waals surface area contributed by atoms with Crippen LogP contribution in [0.2, 0.25) is 0 Å². The van der Waals surface area contributed by atoms with E-state index < -0.39 is 17.7 Å². The summed E-state index contributed by atoms with van der Waals surface area (Å²) < 4.78 is 5.33. The van der Waals surface area contributed by atoms with Crippen LogP contribution in [0.5, 0.6) is 0 Å². The molecule has 0 unspecified atom stereocenters. The van der Waals surface area contributed by atoms with Crippen LogP contribution in [0.4, 0.5) is 5.69 Å². The molecule has 2 aromatic carbocycles. The summed E-state index contributed by atoms with van der Waals surface area (Å²) in [7, 11) is 0. The van der Waals surface area contributed by atoms with Crippen molar-refractivity contribution in [2.45, 2.75) is 13.3 Å². The lowest BCUT2D eigenvalue weighted by atomic mass is 10.0. The standard InChI is InChI=1S/C24H21N5O4/c1-14-21-17(13-19(28-24(21)33-29-14)15-7-3-2-4-8-15)23(32)27-18-10-6-5-9-16(18)22(31)26-12-11-20(25)30/h2-10,13H,11-12H2,1H3,(H2,25,30)(H,26,31)(H,27,32). The lowest BCUT2D eigenvalue weighted by Gasteiger charge is -2.12. The van der Waals surface area contributed by atoms with E-state index in [4.69, 9.17) is 10.3 Å². The van der Waals surface area contributed by atoms with E-state index in [1.165, 1.54) is 0 Å². The molecule has 0 aliphatic heterocycles. The third-order valence-electron chi connectivity index (χ3n) is 5.01. The molecule has 9 heteroatoms. The van der Waals surface area contributed by atoms with E-state index in [1.54, 1.807) is 37.3 Å². The average molecular weight is 443 g/mol. The van der Waals surface area contributed by atoms with E-state index in [1.807, 2.05) is 30.3 Å². The molecule has 0 saturated heterocycles. The van der Waals surface area contributed by atoms with Crippen LogP contribution in [-0.4, -0.2) is 34.4 Å². The van der Waals surface area contributed by atoms with Crippen molar-refractivity contribution in [3.8, 4) is 11.3 Å². The van der Waals surface area contributed by atoms with Gasteiger partial charge in [0.2, 0.25) is 5.91 Å². The predicted molar refractivity (Wildman–Crippen MR) is 123 cm³/mol. The fourth-order valence-electron chi connectivity index (χ4n) is 3.40. The number of carbonyl (C=O) groups excluding carboxylic acids is 3. The molecule has 0 bridgehead atoms. The molecule has 2 aromatic heterocycles. The molecule has 0 spiro atoms. The molecule has 0 fully saturated rings. The lowest BCUT2D eigenvalue weighted by Crippen LogP contribution is -2.28. The summed E-state index contributed by atoms with van der Waals surface area (Å²) in [6, 6.07) is 17.7. The van der Waals surface area contributed by atoms with Crippen LogP contribution in [0.1, 0.15) is 32.8 Å². The Kier molecular flexibility index (Phi) is 6.12. The Morgan fingerprint density at radius 3 is 2.45 bits per heavy atom. The maximum absolute atomic E-state index is 13.3. The zero-order valence-corrected chi connectivity index (χ0v) is 17.8. The van der Waals surface area contributed by atoms with E-state index >= 15 is 0 Å². The summed E-state index contributed by atoms with van der Waals surface area (Å²) in [5, 5.41) is 9.88. The molecule has 3 amide bonds. The molecule has 0 atom stereocenters. The smallest absolute Gasteiger partial charge is 0.259 e. The zero-order chi connectivity index (χ0) is 23.4.